The molecule has 0 saturated carbocycles. The predicted octanol–water partition coefficient (Wildman–Crippen LogP) is 3.61. The van der Waals surface area contributed by atoms with Crippen LogP contribution < -0.4 is 24.8 Å². The van der Waals surface area contributed by atoms with Gasteiger partial charge < -0.3 is 24.8 Å². The van der Waals surface area contributed by atoms with E-state index in [1.807, 2.05) is 56.3 Å². The number of carbonyl (C=O) groups is 1. The maximum Gasteiger partial charge on any atom is 0.222 e. The highest BCUT2D eigenvalue weighted by Crippen LogP contribution is 2.27. The van der Waals surface area contributed by atoms with Crippen LogP contribution in [0.4, 0.5) is 5.69 Å². The molecule has 0 aliphatic heterocycles. The van der Waals surface area contributed by atoms with Crippen molar-refractivity contribution in [3.05, 3.63) is 48.0 Å². The molecule has 146 valence electrons. The van der Waals surface area contributed by atoms with Crippen LogP contribution >= 0.6 is 0 Å². The van der Waals surface area contributed by atoms with E-state index in [9.17, 15) is 4.79 Å². The van der Waals surface area contributed by atoms with Gasteiger partial charge >= 0.3 is 0 Å². The van der Waals surface area contributed by atoms with Gasteiger partial charge in [-0.25, -0.2) is 0 Å². The Bertz CT molecular complexity index is 747. The summed E-state index contributed by atoms with van der Waals surface area (Å²) >= 11 is 0. The van der Waals surface area contributed by atoms with Gasteiger partial charge in [0, 0.05) is 19.5 Å². The molecule has 2 rings (SSSR count). The molecule has 0 spiro atoms. The van der Waals surface area contributed by atoms with Crippen molar-refractivity contribution in [3.8, 4) is 17.2 Å². The van der Waals surface area contributed by atoms with Crippen molar-refractivity contribution in [2.24, 2.45) is 0 Å². The molecule has 0 unspecified atom stereocenters. The summed E-state index contributed by atoms with van der Waals surface area (Å²) in [5.74, 6) is 2.07. The highest BCUT2D eigenvalue weighted by molar-refractivity contribution is 5.76. The molecule has 0 saturated heterocycles. The van der Waals surface area contributed by atoms with Crippen LogP contribution in [0.15, 0.2) is 42.5 Å². The molecule has 6 heteroatoms. The predicted molar refractivity (Wildman–Crippen MR) is 107 cm³/mol. The van der Waals surface area contributed by atoms with Crippen LogP contribution in [0, 0.1) is 0 Å². The van der Waals surface area contributed by atoms with E-state index >= 15 is 0 Å². The summed E-state index contributed by atoms with van der Waals surface area (Å²) in [6.07, 6.45) is 0.460. The first-order chi connectivity index (χ1) is 13.0. The van der Waals surface area contributed by atoms with Crippen LogP contribution in [0.3, 0.4) is 0 Å². The van der Waals surface area contributed by atoms with Gasteiger partial charge in [0.05, 0.1) is 26.0 Å². The number of anilines is 1. The quantitative estimate of drug-likeness (QED) is 0.667. The monoisotopic (exact) mass is 372 g/mol. The Labute approximate surface area is 160 Å². The number of ether oxygens (including phenoxy) is 3. The normalized spacial score (nSPS) is 10.4. The Balaban J connectivity index is 1.80. The van der Waals surface area contributed by atoms with Gasteiger partial charge in [0.1, 0.15) is 5.75 Å². The van der Waals surface area contributed by atoms with E-state index in [-0.39, 0.29) is 12.0 Å². The Morgan fingerprint density at radius 2 is 1.74 bits per heavy atom. The number of amides is 1. The van der Waals surface area contributed by atoms with E-state index in [1.165, 1.54) is 0 Å². The third-order valence-corrected chi connectivity index (χ3v) is 3.85. The van der Waals surface area contributed by atoms with Crippen molar-refractivity contribution >= 4 is 11.6 Å². The zero-order chi connectivity index (χ0) is 19.6. The lowest BCUT2D eigenvalue weighted by Gasteiger charge is -2.15. The minimum absolute atomic E-state index is 0.0282. The second kappa shape index (κ2) is 10.3. The number of para-hydroxylation sites is 2. The lowest BCUT2D eigenvalue weighted by atomic mass is 10.2. The molecule has 0 fully saturated rings. The van der Waals surface area contributed by atoms with Crippen molar-refractivity contribution in [2.75, 3.05) is 26.1 Å². The standard InChI is InChI=1S/C21H28N2O4/c1-15(2)27-18-8-6-5-7-17(18)22-12-11-21(24)23-14-16-9-10-19(25-3)20(13-16)26-4/h5-10,13,15,22H,11-12,14H2,1-4H3,(H,23,24). The lowest BCUT2D eigenvalue weighted by Crippen LogP contribution is -2.25. The van der Waals surface area contributed by atoms with Gasteiger partial charge in [0.2, 0.25) is 5.91 Å². The van der Waals surface area contributed by atoms with Crippen LogP contribution in [0.1, 0.15) is 25.8 Å². The highest BCUT2D eigenvalue weighted by atomic mass is 16.5. The van der Waals surface area contributed by atoms with Gasteiger partial charge in [0.25, 0.3) is 0 Å². The first-order valence-corrected chi connectivity index (χ1v) is 9.00. The third-order valence-electron chi connectivity index (χ3n) is 3.85. The van der Waals surface area contributed by atoms with Crippen LogP contribution in [0.5, 0.6) is 17.2 Å². The van der Waals surface area contributed by atoms with E-state index < -0.39 is 0 Å². The van der Waals surface area contributed by atoms with Crippen LogP contribution in [0.2, 0.25) is 0 Å². The largest absolute Gasteiger partial charge is 0.493 e. The smallest absolute Gasteiger partial charge is 0.222 e. The van der Waals surface area contributed by atoms with E-state index in [0.717, 1.165) is 17.0 Å². The topological polar surface area (TPSA) is 68.8 Å². The van der Waals surface area contributed by atoms with Crippen molar-refractivity contribution in [1.82, 2.24) is 5.32 Å². The number of carbonyl (C=O) groups excluding carboxylic acids is 1. The number of rotatable bonds is 10. The molecule has 6 nitrogen and oxygen atoms in total. The maximum atomic E-state index is 12.1. The number of nitrogens with one attached hydrogen (secondary N) is 2. The Morgan fingerprint density at radius 3 is 2.44 bits per heavy atom. The number of benzene rings is 2. The molecule has 0 radical (unpaired) electrons. The van der Waals surface area contributed by atoms with Crippen LogP contribution in [-0.2, 0) is 11.3 Å². The number of methoxy groups -OCH3 is 2. The van der Waals surface area contributed by atoms with Crippen LogP contribution in [0.25, 0.3) is 0 Å². The second-order valence-corrected chi connectivity index (χ2v) is 6.31. The fourth-order valence-electron chi connectivity index (χ4n) is 2.56. The summed E-state index contributed by atoms with van der Waals surface area (Å²) in [5, 5.41) is 6.17. The zero-order valence-corrected chi connectivity index (χ0v) is 16.4. The van der Waals surface area contributed by atoms with Crippen LogP contribution in [-0.4, -0.2) is 32.8 Å². The van der Waals surface area contributed by atoms with Crippen molar-refractivity contribution in [1.29, 1.82) is 0 Å². The molecule has 1 amide bonds. The number of hydrogen-bond acceptors (Lipinski definition) is 5. The molecule has 2 aromatic carbocycles. The first kappa shape index (κ1) is 20.4. The molecular weight excluding hydrogens is 344 g/mol. The van der Waals surface area contributed by atoms with Gasteiger partial charge in [-0.05, 0) is 43.7 Å². The Morgan fingerprint density at radius 1 is 1.00 bits per heavy atom. The summed E-state index contributed by atoms with van der Waals surface area (Å²) in [4.78, 5) is 12.1. The average Bonchev–Trinajstić information content (AvgIpc) is 2.67. The van der Waals surface area contributed by atoms with E-state index in [2.05, 4.69) is 10.6 Å². The van der Waals surface area contributed by atoms with E-state index in [0.29, 0.717) is 31.0 Å². The minimum atomic E-state index is -0.0282. The summed E-state index contributed by atoms with van der Waals surface area (Å²) in [5.41, 5.74) is 1.84. The van der Waals surface area contributed by atoms with Crippen molar-refractivity contribution in [3.63, 3.8) is 0 Å². The van der Waals surface area contributed by atoms with Crippen molar-refractivity contribution < 1.29 is 19.0 Å². The van der Waals surface area contributed by atoms with Crippen molar-refractivity contribution in [2.45, 2.75) is 32.9 Å². The molecule has 0 aromatic heterocycles. The summed E-state index contributed by atoms with van der Waals surface area (Å²) in [7, 11) is 3.18. The van der Waals surface area contributed by atoms with Gasteiger partial charge in [-0.15, -0.1) is 0 Å². The van der Waals surface area contributed by atoms with E-state index in [4.69, 9.17) is 14.2 Å². The molecule has 0 bridgehead atoms. The Hall–Kier alpha value is -2.89. The second-order valence-electron chi connectivity index (χ2n) is 6.31. The lowest BCUT2D eigenvalue weighted by molar-refractivity contribution is -0.121. The maximum absolute atomic E-state index is 12.1. The molecule has 2 N–H and O–H groups in total. The summed E-state index contributed by atoms with van der Waals surface area (Å²) in [6, 6.07) is 13.3. The molecule has 27 heavy (non-hydrogen) atoms. The summed E-state index contributed by atoms with van der Waals surface area (Å²) < 4.78 is 16.3. The Kier molecular flexibility index (Phi) is 7.79. The van der Waals surface area contributed by atoms with Gasteiger partial charge in [0.15, 0.2) is 11.5 Å². The van der Waals surface area contributed by atoms with E-state index in [1.54, 1.807) is 14.2 Å². The fraction of sp³-hybridized carbons (Fsp3) is 0.381. The SMILES string of the molecule is COc1ccc(CNC(=O)CCNc2ccccc2OC(C)C)cc1OC. The first-order valence-electron chi connectivity index (χ1n) is 9.00. The molecular formula is C21H28N2O4. The number of hydrogen-bond donors (Lipinski definition) is 2. The fourth-order valence-corrected chi connectivity index (χ4v) is 2.56. The highest BCUT2D eigenvalue weighted by Gasteiger charge is 2.08. The molecule has 0 aliphatic carbocycles. The minimum Gasteiger partial charge on any atom is -0.493 e. The van der Waals surface area contributed by atoms with Gasteiger partial charge in [-0.3, -0.25) is 4.79 Å². The van der Waals surface area contributed by atoms with Gasteiger partial charge in [-0.1, -0.05) is 18.2 Å². The summed E-state index contributed by atoms with van der Waals surface area (Å²) in [6.45, 7) is 4.93. The third kappa shape index (κ3) is 6.40. The zero-order valence-electron chi connectivity index (χ0n) is 16.4. The van der Waals surface area contributed by atoms with Gasteiger partial charge in [-0.2, -0.15) is 0 Å². The molecule has 2 aromatic rings. The molecule has 0 atom stereocenters. The molecule has 0 heterocycles. The average molecular weight is 372 g/mol. The molecule has 0 aliphatic rings.